The Morgan fingerprint density at radius 2 is 2.00 bits per heavy atom. The number of hydrogen-bond donors (Lipinski definition) is 1. The molecule has 1 fully saturated rings. The molecule has 0 radical (unpaired) electrons. The maximum absolute atomic E-state index is 13.1. The summed E-state index contributed by atoms with van der Waals surface area (Å²) in [5, 5.41) is 15.1. The van der Waals surface area contributed by atoms with Gasteiger partial charge >= 0.3 is 0 Å². The van der Waals surface area contributed by atoms with Gasteiger partial charge in [0.15, 0.2) is 5.65 Å². The van der Waals surface area contributed by atoms with Crippen LogP contribution in [-0.2, 0) is 6.54 Å². The highest BCUT2D eigenvalue weighted by Crippen LogP contribution is 2.29. The first-order valence-electron chi connectivity index (χ1n) is 8.98. The molecule has 1 aromatic carbocycles. The second-order valence-corrected chi connectivity index (χ2v) is 7.19. The van der Waals surface area contributed by atoms with Gasteiger partial charge in [-0.15, -0.1) is 0 Å². The van der Waals surface area contributed by atoms with Crippen LogP contribution in [0.5, 0.6) is 0 Å². The minimum Gasteiger partial charge on any atom is -0.391 e. The number of fused-ring (bicyclic) bond motifs is 1. The number of aliphatic hydroxyl groups excluding tert-OH is 1. The summed E-state index contributed by atoms with van der Waals surface area (Å²) >= 11 is 0. The Morgan fingerprint density at radius 1 is 1.23 bits per heavy atom. The lowest BCUT2D eigenvalue weighted by atomic mass is 9.87. The molecular formula is C20H23FN4O. The zero-order chi connectivity index (χ0) is 18.3. The maximum atomic E-state index is 13.1. The Bertz CT molecular complexity index is 921. The zero-order valence-electron chi connectivity index (χ0n) is 15.1. The van der Waals surface area contributed by atoms with Crippen LogP contribution < -0.4 is 0 Å². The van der Waals surface area contributed by atoms with E-state index < -0.39 is 6.10 Å². The number of β-amino-alcohol motifs (C(OH)–C–C–N with tert-alkyl or cyclic N) is 1. The van der Waals surface area contributed by atoms with Gasteiger partial charge in [-0.1, -0.05) is 12.1 Å². The summed E-state index contributed by atoms with van der Waals surface area (Å²) in [6.45, 7) is 6.19. The van der Waals surface area contributed by atoms with Crippen LogP contribution >= 0.6 is 0 Å². The van der Waals surface area contributed by atoms with Gasteiger partial charge in [0.2, 0.25) is 0 Å². The van der Waals surface area contributed by atoms with Crippen LogP contribution in [0.25, 0.3) is 5.65 Å². The first-order valence-corrected chi connectivity index (χ1v) is 8.98. The van der Waals surface area contributed by atoms with Gasteiger partial charge in [-0.25, -0.2) is 13.9 Å². The first kappa shape index (κ1) is 17.1. The zero-order valence-corrected chi connectivity index (χ0v) is 15.1. The Hall–Kier alpha value is -2.31. The van der Waals surface area contributed by atoms with Crippen molar-refractivity contribution in [1.82, 2.24) is 19.5 Å². The van der Waals surface area contributed by atoms with E-state index in [0.717, 1.165) is 41.1 Å². The van der Waals surface area contributed by atoms with E-state index in [-0.39, 0.29) is 11.7 Å². The molecule has 1 aliphatic heterocycles. The fraction of sp³-hybridized carbons (Fsp3) is 0.400. The van der Waals surface area contributed by atoms with E-state index in [0.29, 0.717) is 13.1 Å². The van der Waals surface area contributed by atoms with Crippen LogP contribution in [0.1, 0.15) is 34.9 Å². The summed E-state index contributed by atoms with van der Waals surface area (Å²) < 4.78 is 15.0. The molecule has 2 atom stereocenters. The number of likely N-dealkylation sites (tertiary alicyclic amines) is 1. The minimum absolute atomic E-state index is 0.0540. The maximum Gasteiger partial charge on any atom is 0.159 e. The molecule has 0 amide bonds. The van der Waals surface area contributed by atoms with Crippen molar-refractivity contribution < 1.29 is 9.50 Å². The molecule has 26 heavy (non-hydrogen) atoms. The monoisotopic (exact) mass is 354 g/mol. The van der Waals surface area contributed by atoms with Gasteiger partial charge < -0.3 is 5.11 Å². The van der Waals surface area contributed by atoms with Gasteiger partial charge in [-0.3, -0.25) is 4.90 Å². The summed E-state index contributed by atoms with van der Waals surface area (Å²) in [5.74, 6) is -0.190. The number of aromatic nitrogens is 3. The van der Waals surface area contributed by atoms with Crippen molar-refractivity contribution in [2.75, 3.05) is 13.1 Å². The van der Waals surface area contributed by atoms with E-state index in [9.17, 15) is 9.50 Å². The molecule has 4 rings (SSSR count). The topological polar surface area (TPSA) is 53.7 Å². The van der Waals surface area contributed by atoms with Gasteiger partial charge in [0.1, 0.15) is 5.82 Å². The van der Waals surface area contributed by atoms with Crippen LogP contribution in [0, 0.1) is 19.7 Å². The van der Waals surface area contributed by atoms with Gasteiger partial charge in [0, 0.05) is 36.0 Å². The number of aliphatic hydroxyl groups is 1. The van der Waals surface area contributed by atoms with Crippen LogP contribution in [0.4, 0.5) is 4.39 Å². The lowest BCUT2D eigenvalue weighted by Crippen LogP contribution is -2.42. The summed E-state index contributed by atoms with van der Waals surface area (Å²) in [6, 6.07) is 8.49. The molecular weight excluding hydrogens is 331 g/mol. The van der Waals surface area contributed by atoms with Crippen molar-refractivity contribution in [3.63, 3.8) is 0 Å². The first-order chi connectivity index (χ1) is 12.5. The number of halogens is 1. The van der Waals surface area contributed by atoms with Crippen molar-refractivity contribution in [2.45, 2.75) is 38.8 Å². The lowest BCUT2D eigenvalue weighted by molar-refractivity contribution is 0.0478. The number of hydrogen-bond acceptors (Lipinski definition) is 4. The lowest BCUT2D eigenvalue weighted by Gasteiger charge is -2.36. The van der Waals surface area contributed by atoms with Crippen LogP contribution in [0.15, 0.2) is 36.5 Å². The largest absolute Gasteiger partial charge is 0.391 e. The highest BCUT2D eigenvalue weighted by molar-refractivity contribution is 5.47. The molecule has 3 aromatic rings. The molecule has 5 nitrogen and oxygen atoms in total. The predicted molar refractivity (Wildman–Crippen MR) is 97.5 cm³/mol. The van der Waals surface area contributed by atoms with Crippen LogP contribution in [0.2, 0.25) is 0 Å². The quantitative estimate of drug-likeness (QED) is 0.786. The molecule has 1 N–H and O–H groups in total. The normalized spacial score (nSPS) is 21.4. The Labute approximate surface area is 152 Å². The third-order valence-electron chi connectivity index (χ3n) is 5.21. The molecule has 1 saturated heterocycles. The molecule has 0 bridgehead atoms. The summed E-state index contributed by atoms with van der Waals surface area (Å²) in [5.41, 5.74) is 5.00. The average molecular weight is 354 g/mol. The molecule has 6 heteroatoms. The number of nitrogens with zero attached hydrogens (tertiary/aromatic N) is 4. The van der Waals surface area contributed by atoms with Crippen molar-refractivity contribution in [1.29, 1.82) is 0 Å². The molecule has 0 aliphatic carbocycles. The summed E-state index contributed by atoms with van der Waals surface area (Å²) in [7, 11) is 0. The van der Waals surface area contributed by atoms with E-state index in [1.165, 1.54) is 12.1 Å². The highest BCUT2D eigenvalue weighted by Gasteiger charge is 2.29. The molecule has 1 aliphatic rings. The number of piperidine rings is 1. The van der Waals surface area contributed by atoms with E-state index in [2.05, 4.69) is 15.0 Å². The molecule has 3 heterocycles. The smallest absolute Gasteiger partial charge is 0.159 e. The average Bonchev–Trinajstić information content (AvgIpc) is 2.99. The van der Waals surface area contributed by atoms with Crippen molar-refractivity contribution >= 4 is 5.65 Å². The molecule has 0 spiro atoms. The van der Waals surface area contributed by atoms with Crippen LogP contribution in [-0.4, -0.2) is 43.8 Å². The fourth-order valence-corrected chi connectivity index (χ4v) is 3.91. The molecule has 0 saturated carbocycles. The summed E-state index contributed by atoms with van der Waals surface area (Å²) in [4.78, 5) is 6.86. The summed E-state index contributed by atoms with van der Waals surface area (Å²) in [6.07, 6.45) is 2.25. The molecule has 136 valence electrons. The number of benzene rings is 1. The Kier molecular flexibility index (Phi) is 4.46. The second-order valence-electron chi connectivity index (χ2n) is 7.19. The van der Waals surface area contributed by atoms with E-state index in [1.54, 1.807) is 12.1 Å². The van der Waals surface area contributed by atoms with E-state index >= 15 is 0 Å². The SMILES string of the molecule is Cc1cc(C)n2ncc(CN3CC[C@H](c4ccc(F)cc4)[C@@H](O)C3)c2n1. The third kappa shape index (κ3) is 3.22. The highest BCUT2D eigenvalue weighted by atomic mass is 19.1. The standard InChI is InChI=1S/C20H23FN4O/c1-13-9-14(2)25-20(23-13)16(10-22-25)11-24-8-7-18(19(26)12-24)15-3-5-17(21)6-4-15/h3-6,9-10,18-19,26H,7-8,11-12H2,1-2H3/t18-,19+/m1/s1. The van der Waals surface area contributed by atoms with Crippen LogP contribution in [0.3, 0.4) is 0 Å². The molecule has 0 unspecified atom stereocenters. The second kappa shape index (κ2) is 6.78. The fourth-order valence-electron chi connectivity index (χ4n) is 3.91. The van der Waals surface area contributed by atoms with Gasteiger partial charge in [-0.05, 0) is 50.6 Å². The third-order valence-corrected chi connectivity index (χ3v) is 5.21. The van der Waals surface area contributed by atoms with Crippen molar-refractivity contribution in [2.24, 2.45) is 0 Å². The van der Waals surface area contributed by atoms with Gasteiger partial charge in [-0.2, -0.15) is 5.10 Å². The predicted octanol–water partition coefficient (Wildman–Crippen LogP) is 2.84. The Morgan fingerprint density at radius 3 is 2.73 bits per heavy atom. The minimum atomic E-state index is -0.465. The Balaban J connectivity index is 1.49. The van der Waals surface area contributed by atoms with Crippen molar-refractivity contribution in [3.8, 4) is 0 Å². The van der Waals surface area contributed by atoms with Gasteiger partial charge in [0.05, 0.1) is 12.3 Å². The molecule has 2 aromatic heterocycles. The van der Waals surface area contributed by atoms with E-state index in [1.807, 2.05) is 30.6 Å². The number of rotatable bonds is 3. The van der Waals surface area contributed by atoms with Gasteiger partial charge in [0.25, 0.3) is 0 Å². The number of aryl methyl sites for hydroxylation is 2. The van der Waals surface area contributed by atoms with Crippen molar-refractivity contribution in [3.05, 3.63) is 64.9 Å². The van der Waals surface area contributed by atoms with E-state index in [4.69, 9.17) is 0 Å².